The first-order valence-corrected chi connectivity index (χ1v) is 9.59. The number of rotatable bonds is 5. The number of benzene rings is 1. The van der Waals surface area contributed by atoms with Gasteiger partial charge >= 0.3 is 0 Å². The number of piperazine rings is 1. The number of aromatic amines is 1. The molecule has 0 aliphatic carbocycles. The average Bonchev–Trinajstić information content (AvgIpc) is 3.08. The molecule has 2 N–H and O–H groups in total. The Morgan fingerprint density at radius 2 is 1.92 bits per heavy atom. The highest BCUT2D eigenvalue weighted by Gasteiger charge is 2.24. The maximum atomic E-state index is 12.4. The van der Waals surface area contributed by atoms with Gasteiger partial charge in [-0.1, -0.05) is 25.1 Å². The summed E-state index contributed by atoms with van der Waals surface area (Å²) in [6.07, 6.45) is 2.63. The molecule has 2 amide bonds. The SMILES string of the molecule is CCc1ccccc1NC(=O)CN1CCN(C(=O)c2cc(Br)c[nH]2)CC1. The Morgan fingerprint density at radius 1 is 1.19 bits per heavy atom. The van der Waals surface area contributed by atoms with Crippen LogP contribution in [0.5, 0.6) is 0 Å². The highest BCUT2D eigenvalue weighted by Crippen LogP contribution is 2.16. The number of amides is 2. The van der Waals surface area contributed by atoms with Gasteiger partial charge in [0.15, 0.2) is 0 Å². The van der Waals surface area contributed by atoms with E-state index in [9.17, 15) is 9.59 Å². The van der Waals surface area contributed by atoms with Crippen LogP contribution >= 0.6 is 15.9 Å². The van der Waals surface area contributed by atoms with E-state index in [-0.39, 0.29) is 11.8 Å². The van der Waals surface area contributed by atoms with Gasteiger partial charge in [0.1, 0.15) is 5.69 Å². The van der Waals surface area contributed by atoms with E-state index in [1.165, 1.54) is 0 Å². The van der Waals surface area contributed by atoms with Crippen molar-refractivity contribution < 1.29 is 9.59 Å². The van der Waals surface area contributed by atoms with E-state index in [0.717, 1.165) is 22.1 Å². The van der Waals surface area contributed by atoms with Crippen molar-refractivity contribution >= 4 is 33.4 Å². The summed E-state index contributed by atoms with van der Waals surface area (Å²) < 4.78 is 0.864. The maximum absolute atomic E-state index is 12.4. The molecule has 1 saturated heterocycles. The molecule has 1 fully saturated rings. The third kappa shape index (κ3) is 4.53. The van der Waals surface area contributed by atoms with Gasteiger partial charge in [-0.15, -0.1) is 0 Å². The number of aryl methyl sites for hydroxylation is 1. The van der Waals surface area contributed by atoms with Crippen LogP contribution in [0.25, 0.3) is 0 Å². The zero-order chi connectivity index (χ0) is 18.5. The fraction of sp³-hybridized carbons (Fsp3) is 0.368. The van der Waals surface area contributed by atoms with Crippen LogP contribution in [0, 0.1) is 0 Å². The zero-order valence-corrected chi connectivity index (χ0v) is 16.4. The lowest BCUT2D eigenvalue weighted by Gasteiger charge is -2.34. The van der Waals surface area contributed by atoms with Crippen molar-refractivity contribution in [3.8, 4) is 0 Å². The number of para-hydroxylation sites is 1. The molecule has 1 aromatic heterocycles. The largest absolute Gasteiger partial charge is 0.356 e. The Morgan fingerprint density at radius 3 is 2.58 bits per heavy atom. The zero-order valence-electron chi connectivity index (χ0n) is 14.8. The van der Waals surface area contributed by atoms with Crippen LogP contribution in [0.2, 0.25) is 0 Å². The second kappa shape index (κ2) is 8.51. The summed E-state index contributed by atoms with van der Waals surface area (Å²) in [7, 11) is 0. The van der Waals surface area contributed by atoms with E-state index in [2.05, 4.69) is 38.1 Å². The molecule has 2 aromatic rings. The summed E-state index contributed by atoms with van der Waals surface area (Å²) in [5.74, 6) is -0.0179. The number of halogens is 1. The fourth-order valence-electron chi connectivity index (χ4n) is 3.11. The monoisotopic (exact) mass is 418 g/mol. The van der Waals surface area contributed by atoms with E-state index in [4.69, 9.17) is 0 Å². The normalized spacial score (nSPS) is 15.1. The highest BCUT2D eigenvalue weighted by atomic mass is 79.9. The van der Waals surface area contributed by atoms with Crippen molar-refractivity contribution in [3.63, 3.8) is 0 Å². The molecule has 0 bridgehead atoms. The van der Waals surface area contributed by atoms with Gasteiger partial charge in [0, 0.05) is 42.5 Å². The lowest BCUT2D eigenvalue weighted by atomic mass is 10.1. The number of aromatic nitrogens is 1. The number of nitrogens with zero attached hydrogens (tertiary/aromatic N) is 2. The molecule has 3 rings (SSSR count). The predicted molar refractivity (Wildman–Crippen MR) is 105 cm³/mol. The molecule has 0 radical (unpaired) electrons. The smallest absolute Gasteiger partial charge is 0.270 e. The van der Waals surface area contributed by atoms with E-state index >= 15 is 0 Å². The molecule has 0 saturated carbocycles. The predicted octanol–water partition coefficient (Wildman–Crippen LogP) is 2.74. The van der Waals surface area contributed by atoms with Gasteiger partial charge in [0.25, 0.3) is 5.91 Å². The van der Waals surface area contributed by atoms with Crippen molar-refractivity contribution in [2.24, 2.45) is 0 Å². The Hall–Kier alpha value is -2.12. The van der Waals surface area contributed by atoms with E-state index in [1.54, 1.807) is 12.3 Å². The Balaban J connectivity index is 1.49. The van der Waals surface area contributed by atoms with Crippen LogP contribution in [-0.4, -0.2) is 59.3 Å². The molecular formula is C19H23BrN4O2. The molecule has 2 heterocycles. The molecule has 1 aliphatic heterocycles. The van der Waals surface area contributed by atoms with Gasteiger partial charge in [0.2, 0.25) is 5.91 Å². The average molecular weight is 419 g/mol. The Kier molecular flexibility index (Phi) is 6.11. The second-order valence-corrected chi connectivity index (χ2v) is 7.27. The van der Waals surface area contributed by atoms with E-state index < -0.39 is 0 Å². The maximum Gasteiger partial charge on any atom is 0.270 e. The topological polar surface area (TPSA) is 68.4 Å². The van der Waals surface area contributed by atoms with E-state index in [1.807, 2.05) is 29.2 Å². The van der Waals surface area contributed by atoms with Crippen molar-refractivity contribution in [1.82, 2.24) is 14.8 Å². The minimum absolute atomic E-state index is 0.00308. The molecule has 7 heteroatoms. The van der Waals surface area contributed by atoms with Crippen LogP contribution in [-0.2, 0) is 11.2 Å². The number of H-pyrrole nitrogens is 1. The Labute approximate surface area is 161 Å². The number of carbonyl (C=O) groups is 2. The molecular weight excluding hydrogens is 396 g/mol. The summed E-state index contributed by atoms with van der Waals surface area (Å²) in [6.45, 7) is 5.04. The summed E-state index contributed by atoms with van der Waals surface area (Å²) in [5.41, 5.74) is 2.60. The van der Waals surface area contributed by atoms with Gasteiger partial charge in [-0.05, 0) is 40.0 Å². The lowest BCUT2D eigenvalue weighted by molar-refractivity contribution is -0.117. The molecule has 1 aromatic carbocycles. The molecule has 1 aliphatic rings. The van der Waals surface area contributed by atoms with Crippen molar-refractivity contribution in [1.29, 1.82) is 0 Å². The van der Waals surface area contributed by atoms with Crippen molar-refractivity contribution in [3.05, 3.63) is 52.3 Å². The summed E-state index contributed by atoms with van der Waals surface area (Å²) in [6, 6.07) is 9.65. The van der Waals surface area contributed by atoms with Crippen LogP contribution in [0.15, 0.2) is 41.0 Å². The molecule has 0 unspecified atom stereocenters. The molecule has 138 valence electrons. The van der Waals surface area contributed by atoms with E-state index in [0.29, 0.717) is 38.4 Å². The third-order valence-electron chi connectivity index (χ3n) is 4.58. The number of nitrogens with one attached hydrogen (secondary N) is 2. The van der Waals surface area contributed by atoms with Gasteiger partial charge in [-0.2, -0.15) is 0 Å². The quantitative estimate of drug-likeness (QED) is 0.783. The number of carbonyl (C=O) groups excluding carboxylic acids is 2. The van der Waals surface area contributed by atoms with Crippen LogP contribution < -0.4 is 5.32 Å². The summed E-state index contributed by atoms with van der Waals surface area (Å²) >= 11 is 3.34. The molecule has 0 spiro atoms. The third-order valence-corrected chi connectivity index (χ3v) is 5.04. The van der Waals surface area contributed by atoms with Gasteiger partial charge in [0.05, 0.1) is 6.54 Å². The first kappa shape index (κ1) is 18.7. The first-order chi connectivity index (χ1) is 12.6. The number of hydrogen-bond donors (Lipinski definition) is 2. The highest BCUT2D eigenvalue weighted by molar-refractivity contribution is 9.10. The molecule has 0 atom stereocenters. The van der Waals surface area contributed by atoms with Crippen LogP contribution in [0.4, 0.5) is 5.69 Å². The Bertz CT molecular complexity index is 781. The minimum atomic E-state index is -0.0148. The summed E-state index contributed by atoms with van der Waals surface area (Å²) in [5, 5.41) is 3.00. The minimum Gasteiger partial charge on any atom is -0.356 e. The number of hydrogen-bond acceptors (Lipinski definition) is 3. The van der Waals surface area contributed by atoms with Crippen LogP contribution in [0.1, 0.15) is 23.0 Å². The first-order valence-electron chi connectivity index (χ1n) is 8.80. The van der Waals surface area contributed by atoms with Crippen molar-refractivity contribution in [2.45, 2.75) is 13.3 Å². The second-order valence-electron chi connectivity index (χ2n) is 6.36. The van der Waals surface area contributed by atoms with Gasteiger partial charge in [-0.3, -0.25) is 14.5 Å². The standard InChI is InChI=1S/C19H23BrN4O2/c1-2-14-5-3-4-6-16(14)22-18(25)13-23-7-9-24(10-8-23)19(26)17-11-15(20)12-21-17/h3-6,11-12,21H,2,7-10,13H2,1H3,(H,22,25). The molecule has 6 nitrogen and oxygen atoms in total. The summed E-state index contributed by atoms with van der Waals surface area (Å²) in [4.78, 5) is 31.6. The number of anilines is 1. The van der Waals surface area contributed by atoms with Gasteiger partial charge in [-0.25, -0.2) is 0 Å². The van der Waals surface area contributed by atoms with Crippen LogP contribution in [0.3, 0.4) is 0 Å². The van der Waals surface area contributed by atoms with Gasteiger partial charge < -0.3 is 15.2 Å². The lowest BCUT2D eigenvalue weighted by Crippen LogP contribution is -2.50. The fourth-order valence-corrected chi connectivity index (χ4v) is 3.46. The molecule has 26 heavy (non-hydrogen) atoms. The van der Waals surface area contributed by atoms with Crippen molar-refractivity contribution in [2.75, 3.05) is 38.0 Å².